The fourth-order valence-corrected chi connectivity index (χ4v) is 7.49. The molecule has 0 aromatic heterocycles. The molecule has 0 radical (unpaired) electrons. The molecule has 0 aromatic carbocycles. The Kier molecular flexibility index (Phi) is 30.9. The second-order valence-corrected chi connectivity index (χ2v) is 18.5. The predicted octanol–water partition coefficient (Wildman–Crippen LogP) is -1.52. The largest absolute Gasteiger partial charge is 0.461 e. The van der Waals surface area contributed by atoms with Crippen molar-refractivity contribution >= 4 is 53.2 Å². The van der Waals surface area contributed by atoms with Crippen LogP contribution in [-0.2, 0) is 43.1 Å². The summed E-state index contributed by atoms with van der Waals surface area (Å²) in [6, 6.07) is -9.48. The van der Waals surface area contributed by atoms with Gasteiger partial charge in [0.1, 0.15) is 37.0 Å². The highest BCUT2D eigenvalue weighted by Crippen LogP contribution is 2.16. The highest BCUT2D eigenvalue weighted by molar-refractivity contribution is 5.96. The normalized spacial score (nSPS) is 25.0. The smallest absolute Gasteiger partial charge is 0.328 e. The molecule has 1 aliphatic rings. The van der Waals surface area contributed by atoms with E-state index in [0.717, 1.165) is 51.4 Å². The molecular weight excluding hydrogens is 899 g/mol. The summed E-state index contributed by atoms with van der Waals surface area (Å²) in [5.41, 5.74) is 16.0. The predicted molar refractivity (Wildman–Crippen MR) is 258 cm³/mol. The van der Waals surface area contributed by atoms with Crippen LogP contribution in [0.1, 0.15) is 144 Å². The first-order valence-electron chi connectivity index (χ1n) is 24.6. The van der Waals surface area contributed by atoms with Crippen LogP contribution in [-0.4, -0.2) is 149 Å². The fraction of sp³-hybridized carbons (Fsp3) is 0.804. The zero-order valence-corrected chi connectivity index (χ0v) is 41.7. The van der Waals surface area contributed by atoms with Gasteiger partial charge in [0.05, 0.1) is 50.2 Å². The number of unbranched alkanes of at least 4 members (excludes halogenated alkanes) is 11. The number of rotatable bonds is 24. The minimum Gasteiger partial charge on any atom is -0.461 e. The molecule has 69 heavy (non-hydrogen) atoms. The maximum absolute atomic E-state index is 14.0. The van der Waals surface area contributed by atoms with Gasteiger partial charge in [0.25, 0.3) is 0 Å². The monoisotopic (exact) mass is 984 g/mol. The van der Waals surface area contributed by atoms with Gasteiger partial charge in [-0.1, -0.05) is 105 Å². The van der Waals surface area contributed by atoms with Crippen molar-refractivity contribution in [3.05, 3.63) is 0 Å². The van der Waals surface area contributed by atoms with E-state index in [1.165, 1.54) is 33.1 Å². The molecule has 1 aliphatic heterocycles. The lowest BCUT2D eigenvalue weighted by Gasteiger charge is -2.34. The number of aliphatic imine (C=N–C) groups is 1. The molecule has 0 aliphatic carbocycles. The minimum absolute atomic E-state index is 0.128. The number of esters is 1. The third-order valence-electron chi connectivity index (χ3n) is 12.0. The van der Waals surface area contributed by atoms with Gasteiger partial charge in [0.2, 0.25) is 35.4 Å². The number of ether oxygens (including phenoxy) is 1. The zero-order chi connectivity index (χ0) is 52.1. The number of hydrogen-bond acceptors (Lipinski definition) is 15. The van der Waals surface area contributed by atoms with Gasteiger partial charge >= 0.3 is 5.97 Å². The Morgan fingerprint density at radius 1 is 0.768 bits per heavy atom. The van der Waals surface area contributed by atoms with E-state index in [1.807, 2.05) is 6.92 Å². The van der Waals surface area contributed by atoms with Crippen molar-refractivity contribution in [3.8, 4) is 0 Å². The van der Waals surface area contributed by atoms with Gasteiger partial charge < -0.3 is 63.8 Å². The minimum atomic E-state index is -1.68. The highest BCUT2D eigenvalue weighted by atomic mass is 16.5. The summed E-state index contributed by atoms with van der Waals surface area (Å²) in [5, 5.41) is 50.0. The number of cyclic esters (lactones) is 1. The molecule has 10 atom stereocenters. The molecule has 6 amide bonds. The third-order valence-corrected chi connectivity index (χ3v) is 12.0. The highest BCUT2D eigenvalue weighted by Gasteiger charge is 2.36. The number of primary amides is 1. The van der Waals surface area contributed by atoms with E-state index in [2.05, 4.69) is 42.2 Å². The SMILES string of the molecule is CCC(C)C1NC(O)C(C(C)C)NC(=O)C(NC(=O)CC(O)CCCCCCCCCCCCCCN=C(N)N)COC(=O)C(C)NC(=O)C(CC(N)=O)NC(=O)C(CO)NC(=O)C(C)NCC1=O. The molecule has 23 heteroatoms. The lowest BCUT2D eigenvalue weighted by atomic mass is 9.93. The van der Waals surface area contributed by atoms with Gasteiger partial charge in [-0.2, -0.15) is 0 Å². The first kappa shape index (κ1) is 62.0. The average molecular weight is 984 g/mol. The van der Waals surface area contributed by atoms with Crippen molar-refractivity contribution < 1.29 is 58.4 Å². The van der Waals surface area contributed by atoms with Crippen molar-refractivity contribution in [2.24, 2.45) is 34.0 Å². The third kappa shape index (κ3) is 26.0. The number of Topliss-reactive ketones (excluding diaryl/α,β-unsaturated/α-hetero) is 1. The maximum atomic E-state index is 14.0. The van der Waals surface area contributed by atoms with E-state index < -0.39 is 127 Å². The molecule has 1 fully saturated rings. The number of ketones is 1. The molecule has 10 unspecified atom stereocenters. The van der Waals surface area contributed by atoms with Gasteiger partial charge in [-0.3, -0.25) is 49.2 Å². The van der Waals surface area contributed by atoms with E-state index in [9.17, 15) is 53.7 Å². The van der Waals surface area contributed by atoms with Crippen molar-refractivity contribution in [1.29, 1.82) is 0 Å². The van der Waals surface area contributed by atoms with Crippen LogP contribution in [0.25, 0.3) is 0 Å². The van der Waals surface area contributed by atoms with Gasteiger partial charge in [0.15, 0.2) is 11.7 Å². The summed E-state index contributed by atoms with van der Waals surface area (Å²) in [7, 11) is 0. The number of nitrogens with zero attached hydrogens (tertiary/aromatic N) is 1. The molecule has 0 bridgehead atoms. The van der Waals surface area contributed by atoms with Crippen molar-refractivity contribution in [2.75, 3.05) is 26.3 Å². The lowest BCUT2D eigenvalue weighted by Crippen LogP contribution is -2.61. The van der Waals surface area contributed by atoms with Crippen molar-refractivity contribution in [2.45, 2.75) is 199 Å². The van der Waals surface area contributed by atoms with Crippen LogP contribution in [0.15, 0.2) is 4.99 Å². The number of carbonyl (C=O) groups excluding carboxylic acids is 8. The first-order valence-corrected chi connectivity index (χ1v) is 24.6. The van der Waals surface area contributed by atoms with Gasteiger partial charge in [-0.25, -0.2) is 4.79 Å². The van der Waals surface area contributed by atoms with E-state index in [1.54, 1.807) is 20.8 Å². The summed E-state index contributed by atoms with van der Waals surface area (Å²) in [4.78, 5) is 110. The van der Waals surface area contributed by atoms with Crippen LogP contribution < -0.4 is 54.4 Å². The van der Waals surface area contributed by atoms with Crippen molar-refractivity contribution in [1.82, 2.24) is 37.2 Å². The lowest BCUT2D eigenvalue weighted by molar-refractivity contribution is -0.150. The van der Waals surface area contributed by atoms with Crippen LogP contribution in [0.3, 0.4) is 0 Å². The molecule has 1 heterocycles. The molecule has 396 valence electrons. The molecular formula is C46H85N11O12. The van der Waals surface area contributed by atoms with E-state index in [0.29, 0.717) is 25.8 Å². The molecule has 16 N–H and O–H groups in total. The summed E-state index contributed by atoms with van der Waals surface area (Å²) in [6.07, 6.45) is 9.82. The molecule has 1 saturated heterocycles. The number of carbonyl (C=O) groups is 8. The van der Waals surface area contributed by atoms with Crippen molar-refractivity contribution in [3.63, 3.8) is 0 Å². The standard InChI is InChI=1S/C46H85N11O12/c1-7-28(4)39-35(60)24-51-29(5)40(63)55-33(25-58)42(65)54-32(23-36(47)61)41(64)52-30(6)45(68)69-26-34(43(66)56-38(27(2)3)44(67)57-39)53-37(62)22-31(59)20-18-16-14-12-10-8-9-11-13-15-17-19-21-50-46(48)49/h27-34,38-39,44,51,57-59,67H,7-26H2,1-6H3,(H2,47,61)(H,52,64)(H,53,62)(H,54,65)(H,55,63)(H,56,66)(H4,48,49,50). The number of aliphatic hydroxyl groups is 3. The van der Waals surface area contributed by atoms with Crippen LogP contribution in [0.2, 0.25) is 0 Å². The van der Waals surface area contributed by atoms with Crippen LogP contribution in [0, 0.1) is 11.8 Å². The second kappa shape index (κ2) is 34.3. The summed E-state index contributed by atoms with van der Waals surface area (Å²) >= 11 is 0. The topological polar surface area (TPSA) is 381 Å². The van der Waals surface area contributed by atoms with Crippen LogP contribution >= 0.6 is 0 Å². The summed E-state index contributed by atoms with van der Waals surface area (Å²) in [5.74, 6) is -7.81. The number of nitrogens with two attached hydrogens (primary N) is 3. The number of nitrogens with one attached hydrogen (secondary N) is 7. The molecule has 0 aromatic rings. The Bertz CT molecular complexity index is 1650. The number of guanidine groups is 1. The molecule has 23 nitrogen and oxygen atoms in total. The zero-order valence-electron chi connectivity index (χ0n) is 41.7. The van der Waals surface area contributed by atoms with Gasteiger partial charge in [0, 0.05) is 6.54 Å². The van der Waals surface area contributed by atoms with Gasteiger partial charge in [-0.15, -0.1) is 0 Å². The van der Waals surface area contributed by atoms with Crippen LogP contribution in [0.4, 0.5) is 0 Å². The summed E-state index contributed by atoms with van der Waals surface area (Å²) < 4.78 is 5.38. The quantitative estimate of drug-likeness (QED) is 0.0226. The summed E-state index contributed by atoms with van der Waals surface area (Å²) in [6.45, 7) is 8.22. The molecule has 0 saturated carbocycles. The number of hydrogen-bond donors (Lipinski definition) is 13. The Morgan fingerprint density at radius 3 is 1.86 bits per heavy atom. The fourth-order valence-electron chi connectivity index (χ4n) is 7.49. The Labute approximate surface area is 407 Å². The number of amides is 6. The van der Waals surface area contributed by atoms with E-state index in [4.69, 9.17) is 21.9 Å². The maximum Gasteiger partial charge on any atom is 0.328 e. The van der Waals surface area contributed by atoms with Crippen LogP contribution in [0.5, 0.6) is 0 Å². The van der Waals surface area contributed by atoms with E-state index in [-0.39, 0.29) is 24.8 Å². The number of aliphatic hydroxyl groups excluding tert-OH is 3. The average Bonchev–Trinajstić information content (AvgIpc) is 3.28. The Hall–Kier alpha value is -4.97. The van der Waals surface area contributed by atoms with E-state index >= 15 is 0 Å². The first-order chi connectivity index (χ1) is 32.6. The molecule has 1 rings (SSSR count). The van der Waals surface area contributed by atoms with Gasteiger partial charge in [-0.05, 0) is 38.5 Å². The molecule has 0 spiro atoms. The second-order valence-electron chi connectivity index (χ2n) is 18.5. The Morgan fingerprint density at radius 2 is 1.32 bits per heavy atom. The Balaban J connectivity index is 3.16.